The van der Waals surface area contributed by atoms with Gasteiger partial charge in [-0.15, -0.1) is 0 Å². The van der Waals surface area contributed by atoms with E-state index in [4.69, 9.17) is 15.7 Å². The van der Waals surface area contributed by atoms with Crippen LogP contribution in [0.2, 0.25) is 0 Å². The van der Waals surface area contributed by atoms with E-state index in [9.17, 15) is 9.18 Å². The average molecular weight is 554 g/mol. The molecule has 4 heterocycles. The lowest BCUT2D eigenvalue weighted by Gasteiger charge is -2.30. The fraction of sp³-hybridized carbons (Fsp3) is 0.375. The first-order valence-electron chi connectivity index (χ1n) is 14.4. The quantitative estimate of drug-likeness (QED) is 0.346. The Kier molecular flexibility index (Phi) is 7.53. The van der Waals surface area contributed by atoms with Crippen molar-refractivity contribution >= 4 is 22.9 Å². The average Bonchev–Trinajstić information content (AvgIpc) is 3.68. The molecule has 1 unspecified atom stereocenters. The van der Waals surface area contributed by atoms with E-state index in [1.54, 1.807) is 6.20 Å². The molecule has 1 atom stereocenters. The van der Waals surface area contributed by atoms with E-state index in [1.165, 1.54) is 18.9 Å². The molecule has 9 heteroatoms. The summed E-state index contributed by atoms with van der Waals surface area (Å²) in [6, 6.07) is 14.6. The molecule has 0 spiro atoms. The maximum absolute atomic E-state index is 13.9. The summed E-state index contributed by atoms with van der Waals surface area (Å²) >= 11 is 0. The molecule has 1 aliphatic heterocycles. The molecule has 212 valence electrons. The number of fused-ring (bicyclic) bond motifs is 2. The number of carbonyl (C=O) groups excluding carboxylic acids is 1. The van der Waals surface area contributed by atoms with Crippen molar-refractivity contribution in [3.63, 3.8) is 0 Å². The molecule has 2 fully saturated rings. The number of likely N-dealkylation sites (tertiary alicyclic amines) is 1. The fourth-order valence-electron chi connectivity index (χ4n) is 5.82. The van der Waals surface area contributed by atoms with Gasteiger partial charge < -0.3 is 16.0 Å². The minimum absolute atomic E-state index is 0.0598. The summed E-state index contributed by atoms with van der Waals surface area (Å²) in [4.78, 5) is 27.1. The molecule has 3 aromatic heterocycles. The number of hydrogen-bond acceptors (Lipinski definition) is 6. The Morgan fingerprint density at radius 1 is 1.07 bits per heavy atom. The van der Waals surface area contributed by atoms with Gasteiger partial charge in [0.25, 0.3) is 0 Å². The van der Waals surface area contributed by atoms with E-state index in [0.29, 0.717) is 36.4 Å². The summed E-state index contributed by atoms with van der Waals surface area (Å²) < 4.78 is 16.0. The van der Waals surface area contributed by atoms with Crippen molar-refractivity contribution in [3.05, 3.63) is 78.1 Å². The number of piperidine rings is 1. The van der Waals surface area contributed by atoms with Crippen LogP contribution in [-0.2, 0) is 17.6 Å². The summed E-state index contributed by atoms with van der Waals surface area (Å²) in [5.74, 6) is 1.74. The summed E-state index contributed by atoms with van der Waals surface area (Å²) in [5.41, 5.74) is 12.7. The van der Waals surface area contributed by atoms with Gasteiger partial charge in [-0.3, -0.25) is 9.36 Å². The Morgan fingerprint density at radius 2 is 1.85 bits per heavy atom. The van der Waals surface area contributed by atoms with Crippen molar-refractivity contribution in [1.82, 2.24) is 29.7 Å². The number of nitrogens with one attached hydrogen (secondary N) is 1. The number of benzene rings is 1. The highest BCUT2D eigenvalue weighted by atomic mass is 19.1. The minimum atomic E-state index is -0.798. The maximum Gasteiger partial charge on any atom is 0.245 e. The fourth-order valence-corrected chi connectivity index (χ4v) is 5.82. The maximum atomic E-state index is 13.9. The molecule has 1 amide bonds. The highest BCUT2D eigenvalue weighted by molar-refractivity contribution is 5.87. The van der Waals surface area contributed by atoms with Crippen LogP contribution >= 0.6 is 0 Å². The lowest BCUT2D eigenvalue weighted by Crippen LogP contribution is -2.43. The van der Waals surface area contributed by atoms with E-state index < -0.39 is 6.17 Å². The van der Waals surface area contributed by atoms with Gasteiger partial charge in [-0.05, 0) is 86.3 Å². The second kappa shape index (κ2) is 11.4. The monoisotopic (exact) mass is 553 g/mol. The van der Waals surface area contributed by atoms with Crippen LogP contribution in [0.4, 0.5) is 10.2 Å². The number of alkyl halides is 1. The van der Waals surface area contributed by atoms with E-state index >= 15 is 0 Å². The Labute approximate surface area is 239 Å². The van der Waals surface area contributed by atoms with E-state index in [2.05, 4.69) is 29.0 Å². The summed E-state index contributed by atoms with van der Waals surface area (Å²) in [5, 5.41) is 3.22. The molecule has 7 rings (SSSR count). The third kappa shape index (κ3) is 5.59. The summed E-state index contributed by atoms with van der Waals surface area (Å²) in [6.07, 6.45) is 7.69. The molecule has 4 aromatic rings. The molecule has 0 bridgehead atoms. The van der Waals surface area contributed by atoms with Gasteiger partial charge in [0.1, 0.15) is 17.5 Å². The number of nitrogens with zero attached hydrogens (tertiary/aromatic N) is 5. The van der Waals surface area contributed by atoms with Crippen molar-refractivity contribution in [2.24, 2.45) is 0 Å². The highest BCUT2D eigenvalue weighted by Gasteiger charge is 2.27. The third-order valence-corrected chi connectivity index (χ3v) is 8.32. The molecular formula is C32H36FN7O. The Bertz CT molecular complexity index is 1590. The van der Waals surface area contributed by atoms with Crippen LogP contribution in [0.5, 0.6) is 0 Å². The second-order valence-corrected chi connectivity index (χ2v) is 11.1. The number of nitrogen functional groups attached to an aromatic ring is 1. The van der Waals surface area contributed by atoms with Gasteiger partial charge >= 0.3 is 0 Å². The van der Waals surface area contributed by atoms with Gasteiger partial charge in [0.2, 0.25) is 5.91 Å². The van der Waals surface area contributed by atoms with E-state index in [0.717, 1.165) is 65.2 Å². The van der Waals surface area contributed by atoms with Crippen LogP contribution in [0.1, 0.15) is 48.4 Å². The molecule has 3 aliphatic rings. The number of amides is 1. The SMILES string of the molecule is C=CC(=O)N1CCC(NC)CC1.Nc1ncccc1-c1nc2ccc(C3CC3)nc2n1-c1ccc2c(c1)CC(F)C2. The van der Waals surface area contributed by atoms with Crippen LogP contribution in [0.15, 0.2) is 61.3 Å². The Morgan fingerprint density at radius 3 is 2.56 bits per heavy atom. The van der Waals surface area contributed by atoms with Gasteiger partial charge in [0, 0.05) is 55.5 Å². The number of nitrogens with two attached hydrogens (primary N) is 1. The number of hydrogen-bond donors (Lipinski definition) is 2. The van der Waals surface area contributed by atoms with Crippen molar-refractivity contribution in [2.75, 3.05) is 25.9 Å². The van der Waals surface area contributed by atoms with Crippen molar-refractivity contribution < 1.29 is 9.18 Å². The molecule has 1 saturated carbocycles. The number of imidazole rings is 1. The number of halogens is 1. The van der Waals surface area contributed by atoms with Crippen LogP contribution in [-0.4, -0.2) is 62.7 Å². The third-order valence-electron chi connectivity index (χ3n) is 8.32. The first-order chi connectivity index (χ1) is 19.9. The van der Waals surface area contributed by atoms with E-state index in [-0.39, 0.29) is 5.91 Å². The van der Waals surface area contributed by atoms with Gasteiger partial charge in [0.15, 0.2) is 11.5 Å². The van der Waals surface area contributed by atoms with Crippen molar-refractivity contribution in [3.8, 4) is 17.1 Å². The predicted octanol–water partition coefficient (Wildman–Crippen LogP) is 4.76. The number of pyridine rings is 2. The number of anilines is 1. The van der Waals surface area contributed by atoms with Crippen LogP contribution in [0.3, 0.4) is 0 Å². The number of aromatic nitrogens is 4. The highest BCUT2D eigenvalue weighted by Crippen LogP contribution is 2.40. The molecule has 0 radical (unpaired) electrons. The Hall–Kier alpha value is -4.11. The lowest BCUT2D eigenvalue weighted by atomic mass is 10.1. The first kappa shape index (κ1) is 27.1. The largest absolute Gasteiger partial charge is 0.383 e. The van der Waals surface area contributed by atoms with Gasteiger partial charge in [-0.2, -0.15) is 0 Å². The van der Waals surface area contributed by atoms with Gasteiger partial charge in [-0.1, -0.05) is 12.6 Å². The smallest absolute Gasteiger partial charge is 0.245 e. The van der Waals surface area contributed by atoms with Crippen LogP contribution < -0.4 is 11.1 Å². The minimum Gasteiger partial charge on any atom is -0.383 e. The lowest BCUT2D eigenvalue weighted by molar-refractivity contribution is -0.127. The zero-order valence-corrected chi connectivity index (χ0v) is 23.4. The van der Waals surface area contributed by atoms with Gasteiger partial charge in [-0.25, -0.2) is 19.3 Å². The molecular weight excluding hydrogens is 517 g/mol. The standard InChI is InChI=1S/C23H20FN5.C9H16N2O/c24-16-10-14-5-6-17(12-15(14)11-16)29-22(18-2-1-9-26-21(18)25)28-20-8-7-19(13-3-4-13)27-23(20)29;1-3-9(12)11-6-4-8(10-2)5-7-11/h1-2,5-9,12-13,16H,3-4,10-11H2,(H2,25,26);3,8,10H,1,4-7H2,2H3. The van der Waals surface area contributed by atoms with E-state index in [1.807, 2.05) is 46.8 Å². The molecule has 2 aliphatic carbocycles. The molecule has 1 aromatic carbocycles. The van der Waals surface area contributed by atoms with Crippen LogP contribution in [0.25, 0.3) is 28.2 Å². The van der Waals surface area contributed by atoms with Crippen molar-refractivity contribution in [1.29, 1.82) is 0 Å². The predicted molar refractivity (Wildman–Crippen MR) is 160 cm³/mol. The second-order valence-electron chi connectivity index (χ2n) is 11.1. The van der Waals surface area contributed by atoms with Crippen LogP contribution in [0, 0.1) is 0 Å². The Balaban J connectivity index is 0.000000213. The number of carbonyl (C=O) groups is 1. The van der Waals surface area contributed by atoms with Gasteiger partial charge in [0.05, 0.1) is 5.56 Å². The molecule has 8 nitrogen and oxygen atoms in total. The molecule has 3 N–H and O–H groups in total. The molecule has 1 saturated heterocycles. The summed E-state index contributed by atoms with van der Waals surface area (Å²) in [7, 11) is 1.97. The zero-order valence-electron chi connectivity index (χ0n) is 23.4. The topological polar surface area (TPSA) is 102 Å². The number of rotatable bonds is 5. The molecule has 41 heavy (non-hydrogen) atoms. The summed E-state index contributed by atoms with van der Waals surface area (Å²) in [6.45, 7) is 5.18. The first-order valence-corrected chi connectivity index (χ1v) is 14.4. The van der Waals surface area contributed by atoms with Crippen molar-refractivity contribution in [2.45, 2.75) is 56.7 Å². The normalized spacial score (nSPS) is 18.6. The zero-order chi connectivity index (χ0) is 28.5.